The first-order chi connectivity index (χ1) is 7.10. The summed E-state index contributed by atoms with van der Waals surface area (Å²) >= 11 is 0. The van der Waals surface area contributed by atoms with Gasteiger partial charge in [-0.05, 0) is 46.1 Å². The lowest BCUT2D eigenvalue weighted by atomic mass is 9.87. The van der Waals surface area contributed by atoms with Gasteiger partial charge in [0, 0.05) is 18.7 Å². The number of piperidine rings is 1. The summed E-state index contributed by atoms with van der Waals surface area (Å²) in [6.07, 6.45) is 4.64. The van der Waals surface area contributed by atoms with Crippen LogP contribution in [0.25, 0.3) is 0 Å². The number of hydrogen-bond donors (Lipinski definition) is 1. The van der Waals surface area contributed by atoms with Gasteiger partial charge in [-0.1, -0.05) is 0 Å². The molecule has 2 aliphatic heterocycles. The van der Waals surface area contributed by atoms with E-state index in [9.17, 15) is 5.11 Å². The molecule has 15 heavy (non-hydrogen) atoms. The van der Waals surface area contributed by atoms with Crippen molar-refractivity contribution in [3.63, 3.8) is 0 Å². The largest absolute Gasteiger partial charge is 0.391 e. The van der Waals surface area contributed by atoms with Crippen LogP contribution in [0.3, 0.4) is 0 Å². The van der Waals surface area contributed by atoms with Crippen LogP contribution < -0.4 is 0 Å². The number of ether oxygens (including phenoxy) is 1. The molecule has 2 atom stereocenters. The fourth-order valence-electron chi connectivity index (χ4n) is 2.69. The Kier molecular flexibility index (Phi) is 3.33. The maximum absolute atomic E-state index is 10.00. The van der Waals surface area contributed by atoms with E-state index in [4.69, 9.17) is 4.74 Å². The quantitative estimate of drug-likeness (QED) is 0.752. The van der Waals surface area contributed by atoms with Crippen LogP contribution in [0.4, 0.5) is 0 Å². The van der Waals surface area contributed by atoms with Crippen molar-refractivity contribution >= 4 is 0 Å². The van der Waals surface area contributed by atoms with Gasteiger partial charge in [-0.2, -0.15) is 0 Å². The second kappa shape index (κ2) is 4.40. The van der Waals surface area contributed by atoms with Gasteiger partial charge in [0.15, 0.2) is 0 Å². The first-order valence-corrected chi connectivity index (χ1v) is 6.15. The molecule has 3 heteroatoms. The minimum atomic E-state index is -0.187. The summed E-state index contributed by atoms with van der Waals surface area (Å²) in [6, 6.07) is 0. The minimum absolute atomic E-state index is 0.0792. The normalized spacial score (nSPS) is 37.0. The Balaban J connectivity index is 1.94. The van der Waals surface area contributed by atoms with Crippen molar-refractivity contribution in [2.24, 2.45) is 0 Å². The second-order valence-electron chi connectivity index (χ2n) is 5.39. The number of rotatable bonds is 2. The molecule has 2 aliphatic rings. The van der Waals surface area contributed by atoms with E-state index >= 15 is 0 Å². The van der Waals surface area contributed by atoms with Crippen molar-refractivity contribution < 1.29 is 9.84 Å². The molecule has 0 aromatic heterocycles. The fourth-order valence-corrected chi connectivity index (χ4v) is 2.69. The Morgan fingerprint density at radius 2 is 2.13 bits per heavy atom. The molecule has 3 nitrogen and oxygen atoms in total. The fraction of sp³-hybridized carbons (Fsp3) is 1.00. The molecule has 2 heterocycles. The molecule has 2 unspecified atom stereocenters. The van der Waals surface area contributed by atoms with E-state index in [1.54, 1.807) is 0 Å². The van der Waals surface area contributed by atoms with Crippen LogP contribution in [-0.4, -0.2) is 47.4 Å². The summed E-state index contributed by atoms with van der Waals surface area (Å²) < 4.78 is 5.66. The molecule has 0 amide bonds. The van der Waals surface area contributed by atoms with Crippen molar-refractivity contribution in [3.05, 3.63) is 0 Å². The molecule has 88 valence electrons. The van der Waals surface area contributed by atoms with Gasteiger partial charge in [-0.3, -0.25) is 4.90 Å². The van der Waals surface area contributed by atoms with Crippen molar-refractivity contribution in [1.82, 2.24) is 4.90 Å². The molecule has 0 aromatic carbocycles. The van der Waals surface area contributed by atoms with Crippen molar-refractivity contribution in [2.45, 2.75) is 57.3 Å². The molecule has 2 saturated heterocycles. The molecular formula is C12H23NO2. The molecule has 0 spiro atoms. The smallest absolute Gasteiger partial charge is 0.0718 e. The molecule has 2 fully saturated rings. The molecule has 0 bridgehead atoms. The first kappa shape index (κ1) is 11.4. The van der Waals surface area contributed by atoms with Gasteiger partial charge in [0.1, 0.15) is 0 Å². The standard InChI is InChI=1S/C12H23NO2/c1-12(2)11(14)6-3-7-13(12)9-10-5-4-8-15-10/h10-11,14H,3-9H2,1-2H3. The third kappa shape index (κ3) is 2.35. The Morgan fingerprint density at radius 3 is 2.80 bits per heavy atom. The maximum atomic E-state index is 10.00. The minimum Gasteiger partial charge on any atom is -0.391 e. The SMILES string of the molecule is CC1(C)C(O)CCCN1CC1CCCO1. The highest BCUT2D eigenvalue weighted by Gasteiger charge is 2.38. The van der Waals surface area contributed by atoms with Crippen LogP contribution in [0, 0.1) is 0 Å². The molecule has 0 radical (unpaired) electrons. The van der Waals surface area contributed by atoms with Crippen LogP contribution in [0.15, 0.2) is 0 Å². The average Bonchev–Trinajstić information content (AvgIpc) is 2.66. The number of nitrogens with zero attached hydrogens (tertiary/aromatic N) is 1. The highest BCUT2D eigenvalue weighted by Crippen LogP contribution is 2.29. The van der Waals surface area contributed by atoms with E-state index in [1.165, 1.54) is 12.8 Å². The Labute approximate surface area is 92.4 Å². The third-order valence-corrected chi connectivity index (χ3v) is 3.98. The van der Waals surface area contributed by atoms with Gasteiger partial charge in [-0.15, -0.1) is 0 Å². The maximum Gasteiger partial charge on any atom is 0.0718 e. The monoisotopic (exact) mass is 213 g/mol. The summed E-state index contributed by atoms with van der Waals surface area (Å²) in [5.74, 6) is 0. The van der Waals surface area contributed by atoms with Crippen molar-refractivity contribution in [1.29, 1.82) is 0 Å². The second-order valence-corrected chi connectivity index (χ2v) is 5.39. The highest BCUT2D eigenvalue weighted by atomic mass is 16.5. The van der Waals surface area contributed by atoms with Crippen LogP contribution in [0.1, 0.15) is 39.5 Å². The van der Waals surface area contributed by atoms with E-state index in [1.807, 2.05) is 0 Å². The van der Waals surface area contributed by atoms with Gasteiger partial charge in [0.25, 0.3) is 0 Å². The van der Waals surface area contributed by atoms with Gasteiger partial charge < -0.3 is 9.84 Å². The number of aliphatic hydroxyl groups excluding tert-OH is 1. The van der Waals surface area contributed by atoms with E-state index in [0.29, 0.717) is 6.10 Å². The summed E-state index contributed by atoms with van der Waals surface area (Å²) in [6.45, 7) is 7.30. The molecule has 2 rings (SSSR count). The van der Waals surface area contributed by atoms with Crippen LogP contribution in [-0.2, 0) is 4.74 Å². The van der Waals surface area contributed by atoms with Crippen LogP contribution >= 0.6 is 0 Å². The molecule has 0 aliphatic carbocycles. The lowest BCUT2D eigenvalue weighted by molar-refractivity contribution is -0.0627. The van der Waals surface area contributed by atoms with Crippen LogP contribution in [0.2, 0.25) is 0 Å². The van der Waals surface area contributed by atoms with E-state index in [-0.39, 0.29) is 11.6 Å². The average molecular weight is 213 g/mol. The topological polar surface area (TPSA) is 32.7 Å². The predicted octanol–water partition coefficient (Wildman–Crippen LogP) is 1.40. The van der Waals surface area contributed by atoms with Crippen LogP contribution in [0.5, 0.6) is 0 Å². The summed E-state index contributed by atoms with van der Waals surface area (Å²) in [5.41, 5.74) is -0.0792. The van der Waals surface area contributed by atoms with E-state index in [2.05, 4.69) is 18.7 Å². The molecular weight excluding hydrogens is 190 g/mol. The van der Waals surface area contributed by atoms with Crippen molar-refractivity contribution in [3.8, 4) is 0 Å². The predicted molar refractivity (Wildman–Crippen MR) is 59.9 cm³/mol. The number of likely N-dealkylation sites (tertiary alicyclic amines) is 1. The molecule has 1 N–H and O–H groups in total. The van der Waals surface area contributed by atoms with Crippen molar-refractivity contribution in [2.75, 3.05) is 19.7 Å². The Hall–Kier alpha value is -0.120. The zero-order valence-corrected chi connectivity index (χ0v) is 9.91. The summed E-state index contributed by atoms with van der Waals surface area (Å²) in [5, 5.41) is 10.00. The van der Waals surface area contributed by atoms with Gasteiger partial charge >= 0.3 is 0 Å². The van der Waals surface area contributed by atoms with Gasteiger partial charge in [0.05, 0.1) is 12.2 Å². The molecule has 0 aromatic rings. The zero-order valence-electron chi connectivity index (χ0n) is 9.91. The highest BCUT2D eigenvalue weighted by molar-refractivity contribution is 4.93. The summed E-state index contributed by atoms with van der Waals surface area (Å²) in [7, 11) is 0. The van der Waals surface area contributed by atoms with Gasteiger partial charge in [-0.25, -0.2) is 0 Å². The summed E-state index contributed by atoms with van der Waals surface area (Å²) in [4.78, 5) is 2.40. The first-order valence-electron chi connectivity index (χ1n) is 6.15. The lowest BCUT2D eigenvalue weighted by Crippen LogP contribution is -2.57. The lowest BCUT2D eigenvalue weighted by Gasteiger charge is -2.46. The molecule has 0 saturated carbocycles. The Morgan fingerprint density at radius 1 is 1.33 bits per heavy atom. The Bertz CT molecular complexity index is 212. The number of hydrogen-bond acceptors (Lipinski definition) is 3. The number of aliphatic hydroxyl groups is 1. The van der Waals surface area contributed by atoms with Gasteiger partial charge in [0.2, 0.25) is 0 Å². The third-order valence-electron chi connectivity index (χ3n) is 3.98. The van der Waals surface area contributed by atoms with E-state index in [0.717, 1.165) is 32.5 Å². The van der Waals surface area contributed by atoms with E-state index < -0.39 is 0 Å². The zero-order chi connectivity index (χ0) is 10.9.